The number of carbonyl (C=O) groups excluding carboxylic acids is 2. The molecule has 3 aromatic rings. The molecule has 0 bridgehead atoms. The Balaban J connectivity index is 1.55. The number of aromatic nitrogens is 2. The second-order valence-corrected chi connectivity index (χ2v) is 7.39. The molecule has 2 heterocycles. The molecule has 1 aliphatic heterocycles. The monoisotopic (exact) mass is 412 g/mol. The van der Waals surface area contributed by atoms with Gasteiger partial charge in [0.15, 0.2) is 0 Å². The van der Waals surface area contributed by atoms with Crippen LogP contribution in [0.4, 0.5) is 0 Å². The highest BCUT2D eigenvalue weighted by Crippen LogP contribution is 2.21. The molecule has 2 amide bonds. The van der Waals surface area contributed by atoms with Crippen molar-refractivity contribution in [2.45, 2.75) is 0 Å². The van der Waals surface area contributed by atoms with Gasteiger partial charge in [0.05, 0.1) is 30.8 Å². The third-order valence-corrected chi connectivity index (χ3v) is 5.23. The lowest BCUT2D eigenvalue weighted by Gasteiger charge is -2.28. The van der Waals surface area contributed by atoms with E-state index in [2.05, 4.69) is 4.98 Å². The van der Waals surface area contributed by atoms with Crippen molar-refractivity contribution in [1.29, 1.82) is 0 Å². The Kier molecular flexibility index (Phi) is 5.51. The van der Waals surface area contributed by atoms with Gasteiger partial charge in [0.2, 0.25) is 5.91 Å². The first-order chi connectivity index (χ1) is 14.0. The average Bonchev–Trinajstić information content (AvgIpc) is 3.17. The summed E-state index contributed by atoms with van der Waals surface area (Å²) in [4.78, 5) is 32.9. The van der Waals surface area contributed by atoms with Crippen LogP contribution in [0.25, 0.3) is 16.7 Å². The molecule has 0 atom stereocenters. The van der Waals surface area contributed by atoms with E-state index in [9.17, 15) is 9.59 Å². The van der Waals surface area contributed by atoms with E-state index < -0.39 is 0 Å². The molecule has 0 unspecified atom stereocenters. The number of hydrogen-bond donors (Lipinski definition) is 0. The van der Waals surface area contributed by atoms with Gasteiger partial charge in [-0.15, -0.1) is 0 Å². The summed E-state index contributed by atoms with van der Waals surface area (Å²) in [5.41, 5.74) is 3.00. The molecular formula is C21H21ClN4O3. The van der Waals surface area contributed by atoms with Gasteiger partial charge < -0.3 is 14.5 Å². The summed E-state index contributed by atoms with van der Waals surface area (Å²) in [6.07, 6.45) is 1.72. The van der Waals surface area contributed by atoms with Crippen LogP contribution in [0, 0.1) is 0 Å². The van der Waals surface area contributed by atoms with Crippen molar-refractivity contribution in [3.8, 4) is 5.69 Å². The maximum absolute atomic E-state index is 12.9. The van der Waals surface area contributed by atoms with Crippen LogP contribution < -0.4 is 0 Å². The second-order valence-electron chi connectivity index (χ2n) is 6.95. The van der Waals surface area contributed by atoms with Crippen LogP contribution in [-0.2, 0) is 9.53 Å². The first kappa shape index (κ1) is 19.4. The lowest BCUT2D eigenvalue weighted by atomic mass is 10.1. The van der Waals surface area contributed by atoms with Gasteiger partial charge in [-0.2, -0.15) is 0 Å². The molecule has 8 heteroatoms. The Morgan fingerprint density at radius 2 is 1.86 bits per heavy atom. The van der Waals surface area contributed by atoms with Crippen LogP contribution in [-0.4, -0.2) is 71.1 Å². The highest BCUT2D eigenvalue weighted by Gasteiger charge is 2.21. The molecule has 0 spiro atoms. The number of imidazole rings is 1. The van der Waals surface area contributed by atoms with Crippen molar-refractivity contribution >= 4 is 34.4 Å². The van der Waals surface area contributed by atoms with E-state index >= 15 is 0 Å². The number of hydrogen-bond acceptors (Lipinski definition) is 4. The van der Waals surface area contributed by atoms with Gasteiger partial charge in [0.1, 0.15) is 6.33 Å². The molecule has 4 rings (SSSR count). The molecule has 0 aliphatic carbocycles. The second kappa shape index (κ2) is 8.23. The van der Waals surface area contributed by atoms with E-state index in [1.54, 1.807) is 30.4 Å². The predicted octanol–water partition coefficient (Wildman–Crippen LogP) is 2.61. The van der Waals surface area contributed by atoms with E-state index in [0.717, 1.165) is 16.7 Å². The highest BCUT2D eigenvalue weighted by molar-refractivity contribution is 6.30. The molecule has 1 fully saturated rings. The standard InChI is InChI=1S/C21H21ClN4O3/c1-24(13-20(27)25-8-10-29-11-9-25)21(28)15-2-7-18-19(12-15)26(14-23-18)17-5-3-16(22)4-6-17/h2-7,12,14H,8-11,13H2,1H3. The van der Waals surface area contributed by atoms with Gasteiger partial charge in [-0.05, 0) is 42.5 Å². The zero-order valence-electron chi connectivity index (χ0n) is 16.0. The molecule has 1 aromatic heterocycles. The van der Waals surface area contributed by atoms with Crippen molar-refractivity contribution in [2.75, 3.05) is 39.9 Å². The number of amides is 2. The Hall–Kier alpha value is -2.90. The average molecular weight is 413 g/mol. The van der Waals surface area contributed by atoms with E-state index in [1.807, 2.05) is 34.9 Å². The number of carbonyl (C=O) groups is 2. The number of halogens is 1. The Bertz CT molecular complexity index is 1040. The van der Waals surface area contributed by atoms with Crippen LogP contribution in [0.2, 0.25) is 5.02 Å². The lowest BCUT2D eigenvalue weighted by Crippen LogP contribution is -2.46. The maximum Gasteiger partial charge on any atom is 0.254 e. The maximum atomic E-state index is 12.9. The smallest absolute Gasteiger partial charge is 0.254 e. The summed E-state index contributed by atoms with van der Waals surface area (Å²) in [5, 5.41) is 0.653. The topological polar surface area (TPSA) is 67.7 Å². The number of rotatable bonds is 4. The van der Waals surface area contributed by atoms with Gasteiger partial charge in [0.25, 0.3) is 5.91 Å². The zero-order valence-corrected chi connectivity index (χ0v) is 16.8. The minimum Gasteiger partial charge on any atom is -0.378 e. The minimum atomic E-state index is -0.211. The SMILES string of the molecule is CN(CC(=O)N1CCOCC1)C(=O)c1ccc2ncn(-c3ccc(Cl)cc3)c2c1. The van der Waals surface area contributed by atoms with E-state index in [4.69, 9.17) is 16.3 Å². The number of benzene rings is 2. The van der Waals surface area contributed by atoms with Gasteiger partial charge in [-0.3, -0.25) is 14.2 Å². The van der Waals surface area contributed by atoms with Gasteiger partial charge in [-0.1, -0.05) is 11.6 Å². The quantitative estimate of drug-likeness (QED) is 0.660. The molecule has 7 nitrogen and oxygen atoms in total. The van der Waals surface area contributed by atoms with Crippen molar-refractivity contribution in [2.24, 2.45) is 0 Å². The van der Waals surface area contributed by atoms with Crippen molar-refractivity contribution in [1.82, 2.24) is 19.4 Å². The number of ether oxygens (including phenoxy) is 1. The van der Waals surface area contributed by atoms with Crippen LogP contribution in [0.3, 0.4) is 0 Å². The summed E-state index contributed by atoms with van der Waals surface area (Å²) in [6, 6.07) is 12.8. The molecule has 1 saturated heterocycles. The molecule has 150 valence electrons. The van der Waals surface area contributed by atoms with E-state index in [-0.39, 0.29) is 18.4 Å². The summed E-state index contributed by atoms with van der Waals surface area (Å²) in [7, 11) is 1.64. The van der Waals surface area contributed by atoms with Crippen LogP contribution in [0.5, 0.6) is 0 Å². The number of likely N-dealkylation sites (N-methyl/N-ethyl adjacent to an activating group) is 1. The van der Waals surface area contributed by atoms with Crippen molar-refractivity contribution in [3.05, 3.63) is 59.4 Å². The predicted molar refractivity (Wildman–Crippen MR) is 110 cm³/mol. The van der Waals surface area contributed by atoms with E-state index in [1.165, 1.54) is 4.90 Å². The molecule has 0 radical (unpaired) electrons. The van der Waals surface area contributed by atoms with Crippen LogP contribution in [0.1, 0.15) is 10.4 Å². The molecular weight excluding hydrogens is 392 g/mol. The zero-order chi connectivity index (χ0) is 20.4. The number of nitrogens with zero attached hydrogens (tertiary/aromatic N) is 4. The molecule has 2 aromatic carbocycles. The van der Waals surface area contributed by atoms with Crippen LogP contribution in [0.15, 0.2) is 48.8 Å². The summed E-state index contributed by atoms with van der Waals surface area (Å²) in [5.74, 6) is -0.284. The van der Waals surface area contributed by atoms with Crippen molar-refractivity contribution < 1.29 is 14.3 Å². The summed E-state index contributed by atoms with van der Waals surface area (Å²) < 4.78 is 7.17. The highest BCUT2D eigenvalue weighted by atomic mass is 35.5. The fraction of sp³-hybridized carbons (Fsp3) is 0.286. The first-order valence-electron chi connectivity index (χ1n) is 9.37. The van der Waals surface area contributed by atoms with Gasteiger partial charge in [-0.25, -0.2) is 4.98 Å². The Labute approximate surface area is 173 Å². The lowest BCUT2D eigenvalue weighted by molar-refractivity contribution is -0.135. The fourth-order valence-electron chi connectivity index (χ4n) is 3.36. The van der Waals surface area contributed by atoms with Gasteiger partial charge >= 0.3 is 0 Å². The Morgan fingerprint density at radius 3 is 2.59 bits per heavy atom. The van der Waals surface area contributed by atoms with Gasteiger partial charge in [0, 0.05) is 36.4 Å². The first-order valence-corrected chi connectivity index (χ1v) is 9.75. The number of morpholine rings is 1. The number of fused-ring (bicyclic) bond motifs is 1. The normalized spacial score (nSPS) is 14.2. The third kappa shape index (κ3) is 4.11. The van der Waals surface area contributed by atoms with Crippen LogP contribution >= 0.6 is 11.6 Å². The fourth-order valence-corrected chi connectivity index (χ4v) is 3.48. The Morgan fingerprint density at radius 1 is 1.14 bits per heavy atom. The minimum absolute atomic E-state index is 0.0350. The summed E-state index contributed by atoms with van der Waals surface area (Å²) >= 11 is 5.98. The van der Waals surface area contributed by atoms with E-state index in [0.29, 0.717) is 36.9 Å². The molecule has 1 aliphatic rings. The third-order valence-electron chi connectivity index (χ3n) is 4.98. The summed E-state index contributed by atoms with van der Waals surface area (Å²) in [6.45, 7) is 2.23. The van der Waals surface area contributed by atoms with Crippen molar-refractivity contribution in [3.63, 3.8) is 0 Å². The molecule has 0 saturated carbocycles. The molecule has 0 N–H and O–H groups in total. The molecule has 29 heavy (non-hydrogen) atoms. The largest absolute Gasteiger partial charge is 0.378 e.